The molecule has 140 valence electrons. The summed E-state index contributed by atoms with van der Waals surface area (Å²) in [6.07, 6.45) is 1.75. The van der Waals surface area contributed by atoms with Crippen LogP contribution in [0.25, 0.3) is 11.4 Å². The fraction of sp³-hybridized carbons (Fsp3) is 0.250. The number of hydrogen-bond donors (Lipinski definition) is 2. The normalized spacial score (nSPS) is 10.9. The van der Waals surface area contributed by atoms with Crippen molar-refractivity contribution >= 4 is 29.1 Å². The van der Waals surface area contributed by atoms with Crippen LogP contribution in [-0.2, 0) is 0 Å². The summed E-state index contributed by atoms with van der Waals surface area (Å²) in [6, 6.07) is 13.4. The highest BCUT2D eigenvalue weighted by molar-refractivity contribution is 6.30. The van der Waals surface area contributed by atoms with Crippen molar-refractivity contribution < 1.29 is 0 Å². The van der Waals surface area contributed by atoms with E-state index in [2.05, 4.69) is 30.5 Å². The van der Waals surface area contributed by atoms with Gasteiger partial charge in [0.1, 0.15) is 5.82 Å². The molecular formula is C20H23ClN6. The summed E-state index contributed by atoms with van der Waals surface area (Å²) in [6.45, 7) is 3.65. The number of halogens is 1. The molecule has 2 N–H and O–H groups in total. The Labute approximate surface area is 164 Å². The van der Waals surface area contributed by atoms with Crippen LogP contribution in [0, 0.1) is 6.92 Å². The third-order valence-corrected chi connectivity index (χ3v) is 4.19. The van der Waals surface area contributed by atoms with Crippen LogP contribution >= 0.6 is 11.6 Å². The van der Waals surface area contributed by atoms with Crippen molar-refractivity contribution in [1.82, 2.24) is 19.9 Å². The number of anilines is 3. The van der Waals surface area contributed by atoms with E-state index in [0.29, 0.717) is 16.8 Å². The molecule has 0 aliphatic heterocycles. The van der Waals surface area contributed by atoms with Crippen molar-refractivity contribution in [3.63, 3.8) is 0 Å². The van der Waals surface area contributed by atoms with Crippen LogP contribution in [0.2, 0.25) is 5.02 Å². The molecule has 0 aliphatic carbocycles. The Bertz CT molecular complexity index is 898. The van der Waals surface area contributed by atoms with Crippen LogP contribution in [0.5, 0.6) is 0 Å². The van der Waals surface area contributed by atoms with Gasteiger partial charge < -0.3 is 15.5 Å². The third-order valence-electron chi connectivity index (χ3n) is 3.96. The number of hydrogen-bond acceptors (Lipinski definition) is 6. The van der Waals surface area contributed by atoms with E-state index in [4.69, 9.17) is 11.6 Å². The van der Waals surface area contributed by atoms with E-state index < -0.39 is 0 Å². The standard InChI is InChI=1S/C20H23ClN6/c1-14-7-8-15(21)12-17(14)24-19-13-18(16-6-4-5-9-22-16)25-20(26-19)23-10-11-27(2)3/h4-9,12-13H,10-11H2,1-3H3,(H2,23,24,25,26). The second-order valence-electron chi connectivity index (χ2n) is 6.49. The maximum atomic E-state index is 6.14. The fourth-order valence-corrected chi connectivity index (χ4v) is 2.67. The zero-order valence-electron chi connectivity index (χ0n) is 15.7. The average molecular weight is 383 g/mol. The summed E-state index contributed by atoms with van der Waals surface area (Å²) in [5, 5.41) is 7.30. The number of rotatable bonds is 7. The molecule has 0 bridgehead atoms. The average Bonchev–Trinajstić information content (AvgIpc) is 2.65. The minimum atomic E-state index is 0.558. The summed E-state index contributed by atoms with van der Waals surface area (Å²) in [4.78, 5) is 15.7. The molecular weight excluding hydrogens is 360 g/mol. The van der Waals surface area contributed by atoms with Crippen LogP contribution in [0.3, 0.4) is 0 Å². The van der Waals surface area contributed by atoms with E-state index in [1.54, 1.807) is 6.20 Å². The quantitative estimate of drug-likeness (QED) is 0.637. The summed E-state index contributed by atoms with van der Waals surface area (Å²) >= 11 is 6.14. The van der Waals surface area contributed by atoms with Crippen molar-refractivity contribution in [2.45, 2.75) is 6.92 Å². The Morgan fingerprint density at radius 2 is 1.89 bits per heavy atom. The second kappa shape index (κ2) is 8.79. The van der Waals surface area contributed by atoms with E-state index in [9.17, 15) is 0 Å². The molecule has 3 rings (SSSR count). The molecule has 7 heteroatoms. The lowest BCUT2D eigenvalue weighted by molar-refractivity contribution is 0.425. The maximum Gasteiger partial charge on any atom is 0.225 e. The highest BCUT2D eigenvalue weighted by Gasteiger charge is 2.09. The Hall–Kier alpha value is -2.70. The Morgan fingerprint density at radius 1 is 1.04 bits per heavy atom. The largest absolute Gasteiger partial charge is 0.353 e. The fourth-order valence-electron chi connectivity index (χ4n) is 2.49. The van der Waals surface area contributed by atoms with Gasteiger partial charge in [0.25, 0.3) is 0 Å². The van der Waals surface area contributed by atoms with Gasteiger partial charge in [0, 0.05) is 36.1 Å². The molecule has 0 fully saturated rings. The molecule has 0 spiro atoms. The van der Waals surface area contributed by atoms with Crippen molar-refractivity contribution in [1.29, 1.82) is 0 Å². The van der Waals surface area contributed by atoms with Crippen LogP contribution in [0.4, 0.5) is 17.5 Å². The van der Waals surface area contributed by atoms with E-state index in [0.717, 1.165) is 35.7 Å². The molecule has 3 aromatic rings. The molecule has 0 saturated carbocycles. The van der Waals surface area contributed by atoms with Gasteiger partial charge in [-0.3, -0.25) is 4.98 Å². The van der Waals surface area contributed by atoms with E-state index in [1.165, 1.54) is 0 Å². The van der Waals surface area contributed by atoms with Gasteiger partial charge in [-0.15, -0.1) is 0 Å². The first-order valence-electron chi connectivity index (χ1n) is 8.73. The number of nitrogens with zero attached hydrogens (tertiary/aromatic N) is 4. The van der Waals surface area contributed by atoms with Crippen molar-refractivity contribution in [2.75, 3.05) is 37.8 Å². The lowest BCUT2D eigenvalue weighted by Gasteiger charge is -2.14. The summed E-state index contributed by atoms with van der Waals surface area (Å²) in [5.74, 6) is 1.24. The van der Waals surface area contributed by atoms with Gasteiger partial charge in [-0.2, -0.15) is 4.98 Å². The molecule has 0 atom stereocenters. The lowest BCUT2D eigenvalue weighted by Crippen LogP contribution is -2.21. The molecule has 0 aliphatic rings. The van der Waals surface area contributed by atoms with Crippen LogP contribution < -0.4 is 10.6 Å². The van der Waals surface area contributed by atoms with Crippen molar-refractivity contribution in [2.24, 2.45) is 0 Å². The minimum Gasteiger partial charge on any atom is -0.353 e. The first kappa shape index (κ1) is 19.1. The van der Waals surface area contributed by atoms with Crippen molar-refractivity contribution in [3.05, 3.63) is 59.2 Å². The van der Waals surface area contributed by atoms with Gasteiger partial charge in [-0.05, 0) is 50.8 Å². The molecule has 27 heavy (non-hydrogen) atoms. The molecule has 0 saturated heterocycles. The molecule has 2 aromatic heterocycles. The number of likely N-dealkylation sites (N-methyl/N-ethyl adjacent to an activating group) is 1. The number of aryl methyl sites for hydroxylation is 1. The Morgan fingerprint density at radius 3 is 2.63 bits per heavy atom. The number of pyridine rings is 1. The molecule has 6 nitrogen and oxygen atoms in total. The summed E-state index contributed by atoms with van der Waals surface area (Å²) < 4.78 is 0. The van der Waals surface area contributed by atoms with Crippen LogP contribution in [0.15, 0.2) is 48.7 Å². The number of aromatic nitrogens is 3. The lowest BCUT2D eigenvalue weighted by atomic mass is 10.2. The van der Waals surface area contributed by atoms with Crippen LogP contribution in [0.1, 0.15) is 5.56 Å². The van der Waals surface area contributed by atoms with Gasteiger partial charge in [0.15, 0.2) is 0 Å². The maximum absolute atomic E-state index is 6.14. The smallest absolute Gasteiger partial charge is 0.225 e. The van der Waals surface area contributed by atoms with Gasteiger partial charge in [-0.25, -0.2) is 4.98 Å². The number of benzene rings is 1. The zero-order chi connectivity index (χ0) is 19.2. The van der Waals surface area contributed by atoms with Gasteiger partial charge in [-0.1, -0.05) is 23.7 Å². The van der Waals surface area contributed by atoms with Gasteiger partial charge >= 0.3 is 0 Å². The topological polar surface area (TPSA) is 66.0 Å². The van der Waals surface area contributed by atoms with Crippen molar-refractivity contribution in [3.8, 4) is 11.4 Å². The monoisotopic (exact) mass is 382 g/mol. The third kappa shape index (κ3) is 5.39. The van der Waals surface area contributed by atoms with E-state index in [1.807, 2.05) is 63.5 Å². The first-order valence-corrected chi connectivity index (χ1v) is 9.11. The van der Waals surface area contributed by atoms with Crippen LogP contribution in [-0.4, -0.2) is 47.0 Å². The first-order chi connectivity index (χ1) is 13.0. The predicted molar refractivity (Wildman–Crippen MR) is 112 cm³/mol. The second-order valence-corrected chi connectivity index (χ2v) is 6.93. The minimum absolute atomic E-state index is 0.558. The number of nitrogens with one attached hydrogen (secondary N) is 2. The molecule has 0 radical (unpaired) electrons. The highest BCUT2D eigenvalue weighted by atomic mass is 35.5. The predicted octanol–water partition coefficient (Wildman–Crippen LogP) is 4.22. The molecule has 2 heterocycles. The van der Waals surface area contributed by atoms with Gasteiger partial charge in [0.2, 0.25) is 5.95 Å². The van der Waals surface area contributed by atoms with E-state index in [-0.39, 0.29) is 0 Å². The summed E-state index contributed by atoms with van der Waals surface area (Å²) in [5.41, 5.74) is 3.54. The molecule has 1 aromatic carbocycles. The van der Waals surface area contributed by atoms with E-state index >= 15 is 0 Å². The summed E-state index contributed by atoms with van der Waals surface area (Å²) in [7, 11) is 4.06. The zero-order valence-corrected chi connectivity index (χ0v) is 16.5. The molecule has 0 amide bonds. The van der Waals surface area contributed by atoms with Gasteiger partial charge in [0.05, 0.1) is 11.4 Å². The molecule has 0 unspecified atom stereocenters. The highest BCUT2D eigenvalue weighted by Crippen LogP contribution is 2.26. The Kier molecular flexibility index (Phi) is 6.21. The Balaban J connectivity index is 1.92. The SMILES string of the molecule is Cc1ccc(Cl)cc1Nc1cc(-c2ccccn2)nc(NCCN(C)C)n1.